The first-order valence-electron chi connectivity index (χ1n) is 5.60. The number of nitrogens with two attached hydrogens (primary N) is 1. The van der Waals surface area contributed by atoms with Gasteiger partial charge in [-0.3, -0.25) is 4.98 Å². The Morgan fingerprint density at radius 2 is 2.00 bits per heavy atom. The van der Waals surface area contributed by atoms with E-state index in [-0.39, 0.29) is 0 Å². The monoisotopic (exact) mass is 256 g/mol. The van der Waals surface area contributed by atoms with Crippen molar-refractivity contribution in [1.82, 2.24) is 4.98 Å². The van der Waals surface area contributed by atoms with Crippen LogP contribution in [0.4, 0.5) is 5.69 Å². The van der Waals surface area contributed by atoms with Gasteiger partial charge in [0, 0.05) is 33.7 Å². The van der Waals surface area contributed by atoms with Gasteiger partial charge in [0.15, 0.2) is 0 Å². The zero-order valence-corrected chi connectivity index (χ0v) is 10.7. The van der Waals surface area contributed by atoms with Crippen molar-refractivity contribution in [2.45, 2.75) is 16.7 Å². The molecular formula is C14H12N2OS. The van der Waals surface area contributed by atoms with Crippen LogP contribution in [0.1, 0.15) is 5.76 Å². The summed E-state index contributed by atoms with van der Waals surface area (Å²) in [4.78, 5) is 6.43. The van der Waals surface area contributed by atoms with Crippen LogP contribution in [0.2, 0.25) is 0 Å². The predicted octanol–water partition coefficient (Wildman–Crippen LogP) is 3.87. The molecule has 2 heterocycles. The summed E-state index contributed by atoms with van der Waals surface area (Å²) in [6.07, 6.45) is 5.31. The van der Waals surface area contributed by atoms with Crippen molar-refractivity contribution < 1.29 is 4.42 Å². The van der Waals surface area contributed by atoms with Gasteiger partial charge in [0.25, 0.3) is 0 Å². The van der Waals surface area contributed by atoms with E-state index in [1.165, 1.54) is 0 Å². The maximum absolute atomic E-state index is 5.97. The van der Waals surface area contributed by atoms with Gasteiger partial charge in [0.05, 0.1) is 11.2 Å². The first-order valence-corrected chi connectivity index (χ1v) is 6.41. The number of aromatic nitrogens is 1. The Balaban J connectivity index is 2.13. The number of nitrogen functional groups attached to an aromatic ring is 1. The highest BCUT2D eigenvalue weighted by molar-refractivity contribution is 7.99. The van der Waals surface area contributed by atoms with Crippen molar-refractivity contribution in [3.63, 3.8) is 0 Å². The van der Waals surface area contributed by atoms with Gasteiger partial charge in [-0.05, 0) is 31.2 Å². The van der Waals surface area contributed by atoms with Crippen LogP contribution in [0.3, 0.4) is 0 Å². The third-order valence-electron chi connectivity index (χ3n) is 2.84. The smallest absolute Gasteiger partial charge is 0.114 e. The fourth-order valence-electron chi connectivity index (χ4n) is 1.87. The lowest BCUT2D eigenvalue weighted by atomic mass is 10.1. The summed E-state index contributed by atoms with van der Waals surface area (Å²) in [7, 11) is 0. The fraction of sp³-hybridized carbons (Fsp3) is 0.0714. The Bertz CT molecular complexity index is 706. The molecule has 18 heavy (non-hydrogen) atoms. The van der Waals surface area contributed by atoms with E-state index in [4.69, 9.17) is 10.2 Å². The van der Waals surface area contributed by atoms with Gasteiger partial charge >= 0.3 is 0 Å². The second kappa shape index (κ2) is 4.38. The largest absolute Gasteiger partial charge is 0.468 e. The molecule has 0 aliphatic heterocycles. The zero-order valence-electron chi connectivity index (χ0n) is 9.88. The van der Waals surface area contributed by atoms with Gasteiger partial charge in [-0.25, -0.2) is 0 Å². The number of hydrogen-bond acceptors (Lipinski definition) is 4. The van der Waals surface area contributed by atoms with E-state index in [0.717, 1.165) is 32.0 Å². The summed E-state index contributed by atoms with van der Waals surface area (Å²) in [5, 5.41) is 2.11. The molecule has 0 saturated heterocycles. The van der Waals surface area contributed by atoms with Crippen molar-refractivity contribution in [2.24, 2.45) is 0 Å². The number of fused-ring (bicyclic) bond motifs is 1. The van der Waals surface area contributed by atoms with E-state index in [1.54, 1.807) is 24.2 Å². The highest BCUT2D eigenvalue weighted by Crippen LogP contribution is 2.36. The molecule has 1 aromatic carbocycles. The fourth-order valence-corrected chi connectivity index (χ4v) is 2.84. The molecule has 0 bridgehead atoms. The van der Waals surface area contributed by atoms with Gasteiger partial charge < -0.3 is 10.2 Å². The summed E-state index contributed by atoms with van der Waals surface area (Å²) < 4.78 is 5.31. The van der Waals surface area contributed by atoms with Crippen molar-refractivity contribution in [1.29, 1.82) is 0 Å². The van der Waals surface area contributed by atoms with Gasteiger partial charge in [-0.15, -0.1) is 0 Å². The Morgan fingerprint density at radius 1 is 1.11 bits per heavy atom. The summed E-state index contributed by atoms with van der Waals surface area (Å²) in [5.41, 5.74) is 6.75. The predicted molar refractivity (Wildman–Crippen MR) is 73.7 cm³/mol. The minimum absolute atomic E-state index is 0.778. The summed E-state index contributed by atoms with van der Waals surface area (Å²) in [6, 6.07) is 7.87. The van der Waals surface area contributed by atoms with E-state index in [0.29, 0.717) is 0 Å². The summed E-state index contributed by atoms with van der Waals surface area (Å²) in [6.45, 7) is 1.96. The molecule has 0 fully saturated rings. The molecule has 0 saturated carbocycles. The van der Waals surface area contributed by atoms with Crippen molar-refractivity contribution >= 4 is 28.2 Å². The maximum atomic E-state index is 5.97. The Morgan fingerprint density at radius 3 is 2.78 bits per heavy atom. The molecule has 0 unspecified atom stereocenters. The molecule has 4 heteroatoms. The lowest BCUT2D eigenvalue weighted by Gasteiger charge is -2.07. The van der Waals surface area contributed by atoms with E-state index in [9.17, 15) is 0 Å². The second-order valence-electron chi connectivity index (χ2n) is 4.02. The molecular weight excluding hydrogens is 244 g/mol. The van der Waals surface area contributed by atoms with Gasteiger partial charge in [-0.2, -0.15) is 0 Å². The van der Waals surface area contributed by atoms with Gasteiger partial charge in [-0.1, -0.05) is 11.8 Å². The minimum atomic E-state index is 0.778. The molecule has 3 rings (SSSR count). The third kappa shape index (κ3) is 1.84. The molecule has 90 valence electrons. The quantitative estimate of drug-likeness (QED) is 0.707. The highest BCUT2D eigenvalue weighted by atomic mass is 32.2. The van der Waals surface area contributed by atoms with Gasteiger partial charge in [0.2, 0.25) is 0 Å². The maximum Gasteiger partial charge on any atom is 0.114 e. The first-order chi connectivity index (χ1) is 8.75. The molecule has 3 nitrogen and oxygen atoms in total. The van der Waals surface area contributed by atoms with Gasteiger partial charge in [0.1, 0.15) is 5.76 Å². The number of anilines is 1. The second-order valence-corrected chi connectivity index (χ2v) is 5.10. The number of pyridine rings is 1. The number of hydrogen-bond donors (Lipinski definition) is 1. The molecule has 0 spiro atoms. The van der Waals surface area contributed by atoms with Crippen LogP contribution in [-0.2, 0) is 0 Å². The number of benzene rings is 1. The first kappa shape index (κ1) is 11.2. The number of furan rings is 1. The van der Waals surface area contributed by atoms with E-state index >= 15 is 0 Å². The van der Waals surface area contributed by atoms with Crippen LogP contribution >= 0.6 is 11.8 Å². The Kier molecular flexibility index (Phi) is 2.72. The lowest BCUT2D eigenvalue weighted by molar-refractivity contribution is 0.527. The van der Waals surface area contributed by atoms with Crippen molar-refractivity contribution in [2.75, 3.05) is 5.73 Å². The average molecular weight is 256 g/mol. The number of aryl methyl sites for hydroxylation is 1. The molecule has 0 aliphatic carbocycles. The van der Waals surface area contributed by atoms with Crippen LogP contribution in [0.15, 0.2) is 57.1 Å². The molecule has 0 atom stereocenters. The van der Waals surface area contributed by atoms with Crippen molar-refractivity contribution in [3.05, 3.63) is 48.7 Å². The van der Waals surface area contributed by atoms with Crippen molar-refractivity contribution in [3.8, 4) is 0 Å². The zero-order chi connectivity index (χ0) is 12.5. The van der Waals surface area contributed by atoms with E-state index in [2.05, 4.69) is 4.98 Å². The van der Waals surface area contributed by atoms with Crippen LogP contribution in [0.5, 0.6) is 0 Å². The normalized spacial score (nSPS) is 10.9. The number of rotatable bonds is 2. The van der Waals surface area contributed by atoms with Crippen LogP contribution in [0.25, 0.3) is 10.8 Å². The Hall–Kier alpha value is -1.94. The average Bonchev–Trinajstić information content (AvgIpc) is 2.79. The van der Waals surface area contributed by atoms with Crippen LogP contribution in [-0.4, -0.2) is 4.98 Å². The van der Waals surface area contributed by atoms with Crippen LogP contribution in [0, 0.1) is 6.92 Å². The lowest BCUT2D eigenvalue weighted by Crippen LogP contribution is -1.88. The molecule has 2 N–H and O–H groups in total. The van der Waals surface area contributed by atoms with Crippen LogP contribution < -0.4 is 5.73 Å². The van der Waals surface area contributed by atoms with E-state index in [1.807, 2.05) is 37.4 Å². The standard InChI is InChI=1S/C14H12N2OS/c1-9-13(5-7-17-9)18-14-3-2-12(15)10-4-6-16-8-11(10)14/h2-8H,15H2,1H3. The molecule has 0 amide bonds. The molecule has 0 radical (unpaired) electrons. The Labute approximate surface area is 109 Å². The minimum Gasteiger partial charge on any atom is -0.468 e. The number of nitrogens with zero attached hydrogens (tertiary/aromatic N) is 1. The highest BCUT2D eigenvalue weighted by Gasteiger charge is 2.08. The molecule has 2 aromatic heterocycles. The third-order valence-corrected chi connectivity index (χ3v) is 4.06. The molecule has 0 aliphatic rings. The summed E-state index contributed by atoms with van der Waals surface area (Å²) >= 11 is 1.67. The van der Waals surface area contributed by atoms with E-state index < -0.39 is 0 Å². The topological polar surface area (TPSA) is 52.0 Å². The summed E-state index contributed by atoms with van der Waals surface area (Å²) in [5.74, 6) is 0.925. The molecule has 3 aromatic rings. The SMILES string of the molecule is Cc1occc1Sc1ccc(N)c2ccncc12.